The number of likely N-dealkylation sites (N-methyl/N-ethyl adjacent to an activating group) is 1. The van der Waals surface area contributed by atoms with Gasteiger partial charge in [-0.05, 0) is 30.7 Å². The Balaban J connectivity index is 2.51. The smallest absolute Gasteiger partial charge is 0.129 e. The van der Waals surface area contributed by atoms with Crippen LogP contribution < -0.4 is 4.90 Å². The zero-order valence-corrected chi connectivity index (χ0v) is 14.9. The zero-order valence-electron chi connectivity index (χ0n) is 14.9. The van der Waals surface area contributed by atoms with Gasteiger partial charge in [0.25, 0.3) is 0 Å². The summed E-state index contributed by atoms with van der Waals surface area (Å²) < 4.78 is 0. The van der Waals surface area contributed by atoms with Gasteiger partial charge in [0.15, 0.2) is 0 Å². The molecule has 0 fully saturated rings. The topological polar surface area (TPSA) is 71.0 Å². The molecule has 0 aliphatic carbocycles. The largest absolute Gasteiger partial charge is 0.395 e. The fourth-order valence-electron chi connectivity index (χ4n) is 2.13. The van der Waals surface area contributed by atoms with Crippen molar-refractivity contribution in [2.75, 3.05) is 24.6 Å². The number of nitrogens with zero attached hydrogens (tertiary/aromatic N) is 3. The van der Waals surface area contributed by atoms with E-state index in [9.17, 15) is 0 Å². The van der Waals surface area contributed by atoms with Crippen LogP contribution in [0.1, 0.15) is 12.5 Å². The molecule has 0 amide bonds. The molecule has 0 spiro atoms. The van der Waals surface area contributed by atoms with E-state index in [1.54, 1.807) is 24.3 Å². The number of aliphatic hydroxyl groups is 1. The van der Waals surface area contributed by atoms with Crippen molar-refractivity contribution in [2.24, 2.45) is 0 Å². The van der Waals surface area contributed by atoms with Gasteiger partial charge in [0, 0.05) is 18.8 Å². The van der Waals surface area contributed by atoms with Crippen LogP contribution in [0.25, 0.3) is 6.08 Å². The van der Waals surface area contributed by atoms with E-state index < -0.39 is 0 Å². The Morgan fingerprint density at radius 2 is 1.54 bits per heavy atom. The summed E-state index contributed by atoms with van der Waals surface area (Å²) in [7, 11) is 0. The predicted molar refractivity (Wildman–Crippen MR) is 107 cm³/mol. The lowest BCUT2D eigenvalue weighted by molar-refractivity contribution is 0.302. The molecule has 4 heteroatoms. The van der Waals surface area contributed by atoms with E-state index in [1.807, 2.05) is 48.6 Å². The summed E-state index contributed by atoms with van der Waals surface area (Å²) in [6.45, 7) is 3.72. The van der Waals surface area contributed by atoms with E-state index in [4.69, 9.17) is 15.6 Å². The number of anilines is 1. The lowest BCUT2D eigenvalue weighted by Gasteiger charge is -2.21. The molecule has 132 valence electrons. The quantitative estimate of drug-likeness (QED) is 0.539. The minimum Gasteiger partial charge on any atom is -0.395 e. The Labute approximate surface area is 155 Å². The lowest BCUT2D eigenvalue weighted by atomic mass is 10.2. The van der Waals surface area contributed by atoms with Crippen molar-refractivity contribution >= 4 is 11.8 Å². The van der Waals surface area contributed by atoms with Gasteiger partial charge in [-0.2, -0.15) is 10.5 Å². The van der Waals surface area contributed by atoms with Gasteiger partial charge in [0.2, 0.25) is 0 Å². The van der Waals surface area contributed by atoms with E-state index in [-0.39, 0.29) is 12.2 Å². The highest BCUT2D eigenvalue weighted by molar-refractivity contribution is 5.57. The summed E-state index contributed by atoms with van der Waals surface area (Å²) in [5, 5.41) is 26.2. The van der Waals surface area contributed by atoms with Crippen LogP contribution in [-0.2, 0) is 0 Å². The predicted octanol–water partition coefficient (Wildman–Crippen LogP) is 4.16. The third-order valence-electron chi connectivity index (χ3n) is 3.47. The van der Waals surface area contributed by atoms with Crippen LogP contribution in [0.15, 0.2) is 78.4 Å². The Hall–Kier alpha value is -3.34. The van der Waals surface area contributed by atoms with E-state index in [0.717, 1.165) is 17.8 Å². The second-order valence-corrected chi connectivity index (χ2v) is 5.21. The molecule has 0 aliphatic heterocycles. The Bertz CT molecular complexity index is 753. The van der Waals surface area contributed by atoms with E-state index in [1.165, 1.54) is 6.08 Å². The lowest BCUT2D eigenvalue weighted by Crippen LogP contribution is -2.25. The number of hydrogen-bond acceptors (Lipinski definition) is 4. The van der Waals surface area contributed by atoms with E-state index in [0.29, 0.717) is 6.54 Å². The van der Waals surface area contributed by atoms with Crippen molar-refractivity contribution in [1.82, 2.24) is 0 Å². The number of aliphatic hydroxyl groups excluding tert-OH is 1. The summed E-state index contributed by atoms with van der Waals surface area (Å²) >= 11 is 0. The molecule has 4 nitrogen and oxygen atoms in total. The molecule has 0 aliphatic rings. The molecule has 0 heterocycles. The van der Waals surface area contributed by atoms with Gasteiger partial charge in [-0.15, -0.1) is 0 Å². The van der Waals surface area contributed by atoms with Gasteiger partial charge < -0.3 is 10.0 Å². The maximum atomic E-state index is 9.07. The summed E-state index contributed by atoms with van der Waals surface area (Å²) in [6.07, 6.45) is 16.4. The second-order valence-electron chi connectivity index (χ2n) is 5.21. The second kappa shape index (κ2) is 13.0. The third-order valence-corrected chi connectivity index (χ3v) is 3.47. The Kier molecular flexibility index (Phi) is 10.4. The van der Waals surface area contributed by atoms with Crippen molar-refractivity contribution in [3.05, 3.63) is 84.0 Å². The average Bonchev–Trinajstić information content (AvgIpc) is 2.68. The number of hydrogen-bond donors (Lipinski definition) is 1. The molecule has 0 aromatic heterocycles. The van der Waals surface area contributed by atoms with Gasteiger partial charge in [-0.3, -0.25) is 0 Å². The van der Waals surface area contributed by atoms with Crippen LogP contribution in [-0.4, -0.2) is 24.8 Å². The minimum absolute atomic E-state index is 0.0811. The van der Waals surface area contributed by atoms with Gasteiger partial charge >= 0.3 is 0 Å². The van der Waals surface area contributed by atoms with Crippen molar-refractivity contribution in [3.63, 3.8) is 0 Å². The molecule has 1 rings (SSSR count). The molecule has 0 radical (unpaired) electrons. The molecular weight excluding hydrogens is 322 g/mol. The summed E-state index contributed by atoms with van der Waals surface area (Å²) in [6, 6.07) is 11.8. The SMILES string of the molecule is CCN(CCO)c1ccc(/C=C/C=C/C=C/C=C/C=C(C#N)C#N)cc1. The molecule has 26 heavy (non-hydrogen) atoms. The van der Waals surface area contributed by atoms with Crippen LogP contribution in [0.5, 0.6) is 0 Å². The van der Waals surface area contributed by atoms with Crippen molar-refractivity contribution in [1.29, 1.82) is 10.5 Å². The zero-order chi connectivity index (χ0) is 19.0. The summed E-state index contributed by atoms with van der Waals surface area (Å²) in [4.78, 5) is 2.12. The molecular formula is C22H23N3O. The first-order chi connectivity index (χ1) is 12.7. The fraction of sp³-hybridized carbons (Fsp3) is 0.182. The minimum atomic E-state index is 0.0811. The molecule has 0 saturated heterocycles. The number of allylic oxidation sites excluding steroid dienone is 9. The first-order valence-corrected chi connectivity index (χ1v) is 8.39. The normalized spacial score (nSPS) is 11.2. The van der Waals surface area contributed by atoms with Crippen LogP contribution in [0.4, 0.5) is 5.69 Å². The maximum Gasteiger partial charge on any atom is 0.129 e. The summed E-state index contributed by atoms with van der Waals surface area (Å²) in [5.41, 5.74) is 2.29. The highest BCUT2D eigenvalue weighted by Gasteiger charge is 2.01. The molecule has 0 saturated carbocycles. The monoisotopic (exact) mass is 345 g/mol. The maximum absolute atomic E-state index is 9.07. The van der Waals surface area contributed by atoms with E-state index in [2.05, 4.69) is 24.0 Å². The number of benzene rings is 1. The fourth-order valence-corrected chi connectivity index (χ4v) is 2.13. The average molecular weight is 345 g/mol. The molecule has 1 aromatic rings. The van der Waals surface area contributed by atoms with Crippen LogP contribution in [0.2, 0.25) is 0 Å². The van der Waals surface area contributed by atoms with Crippen molar-refractivity contribution in [3.8, 4) is 12.1 Å². The number of nitriles is 2. The first-order valence-electron chi connectivity index (χ1n) is 8.39. The van der Waals surface area contributed by atoms with Gasteiger partial charge in [-0.1, -0.05) is 60.7 Å². The molecule has 1 N–H and O–H groups in total. The van der Waals surface area contributed by atoms with Gasteiger partial charge in [-0.25, -0.2) is 0 Å². The Morgan fingerprint density at radius 1 is 0.962 bits per heavy atom. The van der Waals surface area contributed by atoms with Gasteiger partial charge in [0.05, 0.1) is 6.61 Å². The van der Waals surface area contributed by atoms with Crippen LogP contribution >= 0.6 is 0 Å². The van der Waals surface area contributed by atoms with Crippen molar-refractivity contribution in [2.45, 2.75) is 6.92 Å². The number of rotatable bonds is 9. The third kappa shape index (κ3) is 7.97. The van der Waals surface area contributed by atoms with Gasteiger partial charge in [0.1, 0.15) is 17.7 Å². The Morgan fingerprint density at radius 3 is 2.08 bits per heavy atom. The first kappa shape index (κ1) is 20.7. The molecule has 0 atom stereocenters. The summed E-state index contributed by atoms with van der Waals surface area (Å²) in [5.74, 6) is 0. The van der Waals surface area contributed by atoms with E-state index >= 15 is 0 Å². The van der Waals surface area contributed by atoms with Crippen LogP contribution in [0, 0.1) is 22.7 Å². The molecule has 0 bridgehead atoms. The van der Waals surface area contributed by atoms with Crippen LogP contribution in [0.3, 0.4) is 0 Å². The standard InChI is InChI=1S/C22H23N3O/c1-2-25(16-17-26)22-14-12-20(13-15-22)10-8-6-4-3-5-7-9-11-21(18-23)19-24/h3-15,26H,2,16-17H2,1H3/b5-3+,6-4+,9-7+,10-8+. The molecule has 1 aromatic carbocycles. The highest BCUT2D eigenvalue weighted by atomic mass is 16.3. The molecule has 0 unspecified atom stereocenters. The van der Waals surface area contributed by atoms with Crippen molar-refractivity contribution < 1.29 is 5.11 Å². The highest BCUT2D eigenvalue weighted by Crippen LogP contribution is 2.15.